The molecular weight excluding hydrogens is 320 g/mol. The van der Waals surface area contributed by atoms with Crippen molar-refractivity contribution < 1.29 is 9.26 Å². The Morgan fingerprint density at radius 2 is 2.09 bits per heavy atom. The Kier molecular flexibility index (Phi) is 4.92. The molecule has 0 bridgehead atoms. The summed E-state index contributed by atoms with van der Waals surface area (Å²) in [4.78, 5) is 0. The van der Waals surface area contributed by atoms with Crippen molar-refractivity contribution >= 4 is 28.2 Å². The number of benzene rings is 1. The van der Waals surface area contributed by atoms with Crippen molar-refractivity contribution in [1.29, 1.82) is 0 Å². The van der Waals surface area contributed by atoms with Crippen molar-refractivity contribution in [2.45, 2.75) is 16.6 Å². The van der Waals surface area contributed by atoms with Gasteiger partial charge in [0.15, 0.2) is 4.34 Å². The Morgan fingerprint density at radius 3 is 2.82 bits per heavy atom. The third-order valence-electron chi connectivity index (χ3n) is 2.84. The van der Waals surface area contributed by atoms with Gasteiger partial charge in [-0.25, -0.2) is 0 Å². The zero-order valence-electron chi connectivity index (χ0n) is 11.9. The van der Waals surface area contributed by atoms with Crippen LogP contribution in [-0.4, -0.2) is 22.5 Å². The molecule has 0 aliphatic rings. The van der Waals surface area contributed by atoms with Gasteiger partial charge >= 0.3 is 0 Å². The molecule has 0 saturated carbocycles. The second-order valence-corrected chi connectivity index (χ2v) is 6.55. The van der Waals surface area contributed by atoms with E-state index < -0.39 is 0 Å². The molecule has 0 fully saturated rings. The van der Waals surface area contributed by atoms with Crippen molar-refractivity contribution in [3.63, 3.8) is 0 Å². The molecule has 3 rings (SSSR count). The number of hydrogen-bond donors (Lipinski definition) is 1. The van der Waals surface area contributed by atoms with E-state index >= 15 is 0 Å². The SMILES string of the molecule is COc1ccc(CNc2nnc(SCc3ccon3)s2)cc1. The lowest BCUT2D eigenvalue weighted by molar-refractivity contribution is 0.414. The molecule has 0 unspecified atom stereocenters. The number of ether oxygens (including phenoxy) is 1. The van der Waals surface area contributed by atoms with Crippen LogP contribution in [0, 0.1) is 0 Å². The predicted octanol–water partition coefficient (Wildman–Crippen LogP) is 3.44. The van der Waals surface area contributed by atoms with Crippen LogP contribution in [-0.2, 0) is 12.3 Å². The lowest BCUT2D eigenvalue weighted by atomic mass is 10.2. The van der Waals surface area contributed by atoms with Gasteiger partial charge in [-0.05, 0) is 17.7 Å². The number of anilines is 1. The first-order valence-electron chi connectivity index (χ1n) is 6.56. The van der Waals surface area contributed by atoms with Crippen LogP contribution in [0.1, 0.15) is 11.3 Å². The maximum absolute atomic E-state index is 5.14. The van der Waals surface area contributed by atoms with Crippen molar-refractivity contribution in [3.05, 3.63) is 47.9 Å². The fourth-order valence-corrected chi connectivity index (χ4v) is 3.35. The summed E-state index contributed by atoms with van der Waals surface area (Å²) >= 11 is 3.12. The van der Waals surface area contributed by atoms with E-state index in [0.717, 1.165) is 32.2 Å². The first-order chi connectivity index (χ1) is 10.8. The van der Waals surface area contributed by atoms with E-state index in [4.69, 9.17) is 9.26 Å². The number of aromatic nitrogens is 3. The minimum absolute atomic E-state index is 0.701. The summed E-state index contributed by atoms with van der Waals surface area (Å²) in [7, 11) is 1.66. The lowest BCUT2D eigenvalue weighted by Crippen LogP contribution is -1.98. The van der Waals surface area contributed by atoms with Crippen LogP contribution >= 0.6 is 23.1 Å². The molecule has 0 aliphatic heterocycles. The summed E-state index contributed by atoms with van der Waals surface area (Å²) in [6.07, 6.45) is 1.57. The van der Waals surface area contributed by atoms with Gasteiger partial charge < -0.3 is 14.6 Å². The lowest BCUT2D eigenvalue weighted by Gasteiger charge is -2.03. The van der Waals surface area contributed by atoms with Gasteiger partial charge in [0.25, 0.3) is 0 Å². The van der Waals surface area contributed by atoms with Gasteiger partial charge in [-0.1, -0.05) is 40.4 Å². The van der Waals surface area contributed by atoms with Crippen LogP contribution in [0.4, 0.5) is 5.13 Å². The average Bonchev–Trinajstić information content (AvgIpc) is 3.23. The molecule has 22 heavy (non-hydrogen) atoms. The van der Waals surface area contributed by atoms with Gasteiger partial charge in [0, 0.05) is 18.4 Å². The Labute approximate surface area is 135 Å². The van der Waals surface area contributed by atoms with Crippen molar-refractivity contribution in [1.82, 2.24) is 15.4 Å². The van der Waals surface area contributed by atoms with Crippen LogP contribution < -0.4 is 10.1 Å². The van der Waals surface area contributed by atoms with Gasteiger partial charge in [0.2, 0.25) is 5.13 Å². The molecule has 6 nitrogen and oxygen atoms in total. The highest BCUT2D eigenvalue weighted by Gasteiger charge is 2.06. The fraction of sp³-hybridized carbons (Fsp3) is 0.214. The first-order valence-corrected chi connectivity index (χ1v) is 8.36. The molecule has 0 atom stereocenters. The van der Waals surface area contributed by atoms with Crippen molar-refractivity contribution in [2.24, 2.45) is 0 Å². The van der Waals surface area contributed by atoms with E-state index in [-0.39, 0.29) is 0 Å². The quantitative estimate of drug-likeness (QED) is 0.663. The Balaban J connectivity index is 1.50. The zero-order chi connectivity index (χ0) is 15.2. The summed E-state index contributed by atoms with van der Waals surface area (Å²) < 4.78 is 10.8. The first kappa shape index (κ1) is 14.9. The molecule has 3 aromatic rings. The highest BCUT2D eigenvalue weighted by atomic mass is 32.2. The topological polar surface area (TPSA) is 73.1 Å². The molecule has 0 amide bonds. The summed E-state index contributed by atoms with van der Waals surface area (Å²) in [5.74, 6) is 1.58. The molecule has 0 radical (unpaired) electrons. The third-order valence-corrected chi connectivity index (χ3v) is 4.89. The van der Waals surface area contributed by atoms with E-state index in [0.29, 0.717) is 6.54 Å². The van der Waals surface area contributed by atoms with Gasteiger partial charge in [0.1, 0.15) is 12.0 Å². The van der Waals surface area contributed by atoms with E-state index in [1.807, 2.05) is 30.3 Å². The normalized spacial score (nSPS) is 10.6. The van der Waals surface area contributed by atoms with Crippen LogP contribution in [0.2, 0.25) is 0 Å². The van der Waals surface area contributed by atoms with Gasteiger partial charge in [-0.2, -0.15) is 0 Å². The number of hydrogen-bond acceptors (Lipinski definition) is 8. The highest BCUT2D eigenvalue weighted by Crippen LogP contribution is 2.28. The summed E-state index contributed by atoms with van der Waals surface area (Å²) in [5, 5.41) is 16.2. The van der Waals surface area contributed by atoms with Crippen LogP contribution in [0.3, 0.4) is 0 Å². The summed E-state index contributed by atoms with van der Waals surface area (Å²) in [6, 6.07) is 9.77. The van der Waals surface area contributed by atoms with Gasteiger partial charge in [-0.3, -0.25) is 0 Å². The molecule has 1 aromatic carbocycles. The molecule has 0 saturated heterocycles. The van der Waals surface area contributed by atoms with E-state index in [2.05, 4.69) is 20.7 Å². The summed E-state index contributed by atoms with van der Waals surface area (Å²) in [5.41, 5.74) is 2.06. The number of methoxy groups -OCH3 is 1. The Bertz CT molecular complexity index is 698. The van der Waals surface area contributed by atoms with E-state index in [1.54, 1.807) is 25.1 Å². The largest absolute Gasteiger partial charge is 0.497 e. The summed E-state index contributed by atoms with van der Waals surface area (Å²) in [6.45, 7) is 0.701. The Morgan fingerprint density at radius 1 is 1.23 bits per heavy atom. The van der Waals surface area contributed by atoms with Gasteiger partial charge in [-0.15, -0.1) is 10.2 Å². The van der Waals surface area contributed by atoms with Crippen LogP contribution in [0.25, 0.3) is 0 Å². The second-order valence-electron chi connectivity index (χ2n) is 4.35. The van der Waals surface area contributed by atoms with Gasteiger partial charge in [0.05, 0.1) is 12.8 Å². The minimum Gasteiger partial charge on any atom is -0.497 e. The number of nitrogens with one attached hydrogen (secondary N) is 1. The number of thioether (sulfide) groups is 1. The third kappa shape index (κ3) is 3.99. The zero-order valence-corrected chi connectivity index (χ0v) is 13.5. The number of rotatable bonds is 7. The molecule has 0 aliphatic carbocycles. The average molecular weight is 334 g/mol. The second kappa shape index (κ2) is 7.28. The van der Waals surface area contributed by atoms with Crippen molar-refractivity contribution in [2.75, 3.05) is 12.4 Å². The molecular formula is C14H14N4O2S2. The molecule has 0 spiro atoms. The molecule has 114 valence electrons. The molecule has 2 heterocycles. The molecule has 8 heteroatoms. The van der Waals surface area contributed by atoms with Crippen molar-refractivity contribution in [3.8, 4) is 5.75 Å². The predicted molar refractivity (Wildman–Crippen MR) is 86.3 cm³/mol. The fourth-order valence-electron chi connectivity index (χ4n) is 1.71. The van der Waals surface area contributed by atoms with E-state index in [9.17, 15) is 0 Å². The maximum atomic E-state index is 5.14. The number of nitrogens with zero attached hydrogens (tertiary/aromatic N) is 3. The Hall–Kier alpha value is -2.06. The van der Waals surface area contributed by atoms with E-state index in [1.165, 1.54) is 11.3 Å². The molecule has 1 N–H and O–H groups in total. The maximum Gasteiger partial charge on any atom is 0.206 e. The van der Waals surface area contributed by atoms with Crippen LogP contribution in [0.5, 0.6) is 5.75 Å². The van der Waals surface area contributed by atoms with Crippen LogP contribution in [0.15, 0.2) is 45.5 Å². The monoisotopic (exact) mass is 334 g/mol. The minimum atomic E-state index is 0.701. The highest BCUT2D eigenvalue weighted by molar-refractivity contribution is 8.00. The smallest absolute Gasteiger partial charge is 0.206 e. The molecule has 2 aromatic heterocycles. The standard InChI is InChI=1S/C14H14N4O2S2/c1-19-12-4-2-10(3-5-12)8-15-13-16-17-14(22-13)21-9-11-6-7-20-18-11/h2-7H,8-9H2,1H3,(H,15,16).